The van der Waals surface area contributed by atoms with E-state index in [-0.39, 0.29) is 24.5 Å². The molecule has 2 heterocycles. The summed E-state index contributed by atoms with van der Waals surface area (Å²) >= 11 is 0. The first kappa shape index (κ1) is 22.2. The summed E-state index contributed by atoms with van der Waals surface area (Å²) in [5.41, 5.74) is 4.41. The lowest BCUT2D eigenvalue weighted by molar-refractivity contribution is -0.135. The predicted octanol–water partition coefficient (Wildman–Crippen LogP) is 3.88. The van der Waals surface area contributed by atoms with Crippen LogP contribution in [0.2, 0.25) is 0 Å². The summed E-state index contributed by atoms with van der Waals surface area (Å²) in [6.45, 7) is 2.98. The van der Waals surface area contributed by atoms with Crippen LogP contribution in [0.4, 0.5) is 5.69 Å². The number of rotatable bonds is 6. The van der Waals surface area contributed by atoms with Crippen LogP contribution in [-0.2, 0) is 16.0 Å². The van der Waals surface area contributed by atoms with Crippen molar-refractivity contribution >= 4 is 17.5 Å². The molecule has 0 saturated carbocycles. The largest absolute Gasteiger partial charge is 0.484 e. The van der Waals surface area contributed by atoms with Gasteiger partial charge in [-0.25, -0.2) is 0 Å². The average molecular weight is 456 g/mol. The van der Waals surface area contributed by atoms with E-state index in [1.165, 1.54) is 11.1 Å². The molecule has 0 spiro atoms. The lowest BCUT2D eigenvalue weighted by Gasteiger charge is -2.39. The van der Waals surface area contributed by atoms with E-state index < -0.39 is 0 Å². The second-order valence-electron chi connectivity index (χ2n) is 8.80. The van der Waals surface area contributed by atoms with E-state index in [0.717, 1.165) is 24.3 Å². The molecule has 6 heteroatoms. The lowest BCUT2D eigenvalue weighted by Crippen LogP contribution is -2.51. The summed E-state index contributed by atoms with van der Waals surface area (Å²) in [7, 11) is 0. The molecule has 174 valence electrons. The predicted molar refractivity (Wildman–Crippen MR) is 132 cm³/mol. The van der Waals surface area contributed by atoms with Gasteiger partial charge in [0.05, 0.1) is 6.04 Å². The molecule has 3 aromatic carbocycles. The SMILES string of the molecule is O=C1CCc2cc(OCC(=O)N3CCN(C(c4ccccc4)c4ccccc4)CC3)ccc2N1. The minimum Gasteiger partial charge on any atom is -0.484 e. The third-order valence-corrected chi connectivity index (χ3v) is 6.60. The van der Waals surface area contributed by atoms with Gasteiger partial charge in [0.1, 0.15) is 5.75 Å². The Bertz CT molecular complexity index is 1100. The molecule has 0 radical (unpaired) electrons. The van der Waals surface area contributed by atoms with Crippen LogP contribution in [0.25, 0.3) is 0 Å². The first-order chi connectivity index (χ1) is 16.7. The van der Waals surface area contributed by atoms with Crippen LogP contribution in [0.15, 0.2) is 78.9 Å². The summed E-state index contributed by atoms with van der Waals surface area (Å²) in [4.78, 5) is 28.7. The topological polar surface area (TPSA) is 61.9 Å². The third-order valence-electron chi connectivity index (χ3n) is 6.60. The van der Waals surface area contributed by atoms with Gasteiger partial charge in [0.25, 0.3) is 5.91 Å². The quantitative estimate of drug-likeness (QED) is 0.613. The lowest BCUT2D eigenvalue weighted by atomic mass is 9.96. The Balaban J connectivity index is 1.19. The van der Waals surface area contributed by atoms with Gasteiger partial charge in [-0.05, 0) is 41.3 Å². The van der Waals surface area contributed by atoms with E-state index in [0.29, 0.717) is 31.7 Å². The fraction of sp³-hybridized carbons (Fsp3) is 0.286. The van der Waals surface area contributed by atoms with E-state index >= 15 is 0 Å². The molecular weight excluding hydrogens is 426 g/mol. The molecule has 2 aliphatic rings. The summed E-state index contributed by atoms with van der Waals surface area (Å²) in [6, 6.07) is 26.8. The van der Waals surface area contributed by atoms with Gasteiger partial charge in [-0.3, -0.25) is 14.5 Å². The maximum absolute atomic E-state index is 12.8. The van der Waals surface area contributed by atoms with Crippen molar-refractivity contribution in [3.8, 4) is 5.75 Å². The first-order valence-corrected chi connectivity index (χ1v) is 11.8. The number of benzene rings is 3. The monoisotopic (exact) mass is 455 g/mol. The van der Waals surface area contributed by atoms with Crippen LogP contribution in [0.1, 0.15) is 29.2 Å². The van der Waals surface area contributed by atoms with Crippen molar-refractivity contribution in [3.05, 3.63) is 95.6 Å². The number of ether oxygens (including phenoxy) is 1. The van der Waals surface area contributed by atoms with Gasteiger partial charge in [0, 0.05) is 38.3 Å². The minimum atomic E-state index is 0.00152. The van der Waals surface area contributed by atoms with Gasteiger partial charge in [0.15, 0.2) is 6.61 Å². The molecule has 0 unspecified atom stereocenters. The molecule has 0 atom stereocenters. The smallest absolute Gasteiger partial charge is 0.260 e. The van der Waals surface area contributed by atoms with Crippen LogP contribution in [0.3, 0.4) is 0 Å². The minimum absolute atomic E-state index is 0.00152. The van der Waals surface area contributed by atoms with E-state index in [2.05, 4.69) is 58.7 Å². The van der Waals surface area contributed by atoms with Gasteiger partial charge in [-0.15, -0.1) is 0 Å². The number of fused-ring (bicyclic) bond motifs is 1. The van der Waals surface area contributed by atoms with Crippen LogP contribution in [0.5, 0.6) is 5.75 Å². The number of hydrogen-bond acceptors (Lipinski definition) is 4. The van der Waals surface area contributed by atoms with Crippen LogP contribution < -0.4 is 10.1 Å². The Morgan fingerprint density at radius 2 is 1.50 bits per heavy atom. The fourth-order valence-electron chi connectivity index (χ4n) is 4.80. The molecule has 6 nitrogen and oxygen atoms in total. The molecule has 34 heavy (non-hydrogen) atoms. The van der Waals surface area contributed by atoms with Crippen molar-refractivity contribution in [2.75, 3.05) is 38.1 Å². The average Bonchev–Trinajstić information content (AvgIpc) is 2.89. The van der Waals surface area contributed by atoms with Gasteiger partial charge in [0.2, 0.25) is 5.91 Å². The summed E-state index contributed by atoms with van der Waals surface area (Å²) in [5.74, 6) is 0.703. The molecule has 1 fully saturated rings. The van der Waals surface area contributed by atoms with Gasteiger partial charge in [-0.1, -0.05) is 60.7 Å². The molecule has 0 aliphatic carbocycles. The highest BCUT2D eigenvalue weighted by Gasteiger charge is 2.28. The molecular formula is C28H29N3O3. The summed E-state index contributed by atoms with van der Waals surface area (Å²) in [6.07, 6.45) is 1.17. The second-order valence-corrected chi connectivity index (χ2v) is 8.80. The van der Waals surface area contributed by atoms with Crippen LogP contribution in [0, 0.1) is 0 Å². The second kappa shape index (κ2) is 10.1. The molecule has 0 aromatic heterocycles. The Kier molecular flexibility index (Phi) is 6.58. The van der Waals surface area contributed by atoms with E-state index in [1.54, 1.807) is 6.07 Å². The molecule has 2 aliphatic heterocycles. The number of carbonyl (C=O) groups excluding carboxylic acids is 2. The van der Waals surface area contributed by atoms with Crippen molar-refractivity contribution in [3.63, 3.8) is 0 Å². The highest BCUT2D eigenvalue weighted by molar-refractivity contribution is 5.94. The molecule has 1 N–H and O–H groups in total. The number of anilines is 1. The Morgan fingerprint density at radius 1 is 0.853 bits per heavy atom. The number of amides is 2. The van der Waals surface area contributed by atoms with Crippen molar-refractivity contribution < 1.29 is 14.3 Å². The molecule has 0 bridgehead atoms. The Labute approximate surface area is 200 Å². The Hall–Kier alpha value is -3.64. The van der Waals surface area contributed by atoms with E-state index in [1.807, 2.05) is 29.2 Å². The Morgan fingerprint density at radius 3 is 2.15 bits per heavy atom. The zero-order chi connectivity index (χ0) is 23.3. The van der Waals surface area contributed by atoms with Crippen LogP contribution in [-0.4, -0.2) is 54.4 Å². The van der Waals surface area contributed by atoms with E-state index in [4.69, 9.17) is 4.74 Å². The van der Waals surface area contributed by atoms with Crippen LogP contribution >= 0.6 is 0 Å². The maximum Gasteiger partial charge on any atom is 0.260 e. The van der Waals surface area contributed by atoms with Crippen molar-refractivity contribution in [2.24, 2.45) is 0 Å². The van der Waals surface area contributed by atoms with Crippen molar-refractivity contribution in [2.45, 2.75) is 18.9 Å². The maximum atomic E-state index is 12.8. The highest BCUT2D eigenvalue weighted by Crippen LogP contribution is 2.30. The van der Waals surface area contributed by atoms with Gasteiger partial charge >= 0.3 is 0 Å². The summed E-state index contributed by atoms with van der Waals surface area (Å²) < 4.78 is 5.81. The summed E-state index contributed by atoms with van der Waals surface area (Å²) in [5, 5.41) is 2.87. The number of hydrogen-bond donors (Lipinski definition) is 1. The van der Waals surface area contributed by atoms with Gasteiger partial charge in [-0.2, -0.15) is 0 Å². The number of piperazine rings is 1. The molecule has 1 saturated heterocycles. The molecule has 2 amide bonds. The fourth-order valence-corrected chi connectivity index (χ4v) is 4.80. The van der Waals surface area contributed by atoms with Crippen molar-refractivity contribution in [1.82, 2.24) is 9.80 Å². The third kappa shape index (κ3) is 4.97. The zero-order valence-electron chi connectivity index (χ0n) is 19.2. The van der Waals surface area contributed by atoms with Gasteiger partial charge < -0.3 is 15.0 Å². The first-order valence-electron chi connectivity index (χ1n) is 11.8. The molecule has 3 aromatic rings. The molecule has 5 rings (SSSR count). The number of nitrogens with zero attached hydrogens (tertiary/aromatic N) is 2. The highest BCUT2D eigenvalue weighted by atomic mass is 16.5. The normalized spacial score (nSPS) is 16.1. The number of aryl methyl sites for hydroxylation is 1. The zero-order valence-corrected chi connectivity index (χ0v) is 19.2. The number of nitrogens with one attached hydrogen (secondary N) is 1. The van der Waals surface area contributed by atoms with Crippen molar-refractivity contribution in [1.29, 1.82) is 0 Å². The van der Waals surface area contributed by atoms with E-state index in [9.17, 15) is 9.59 Å². The number of carbonyl (C=O) groups is 2. The standard InChI is InChI=1S/C28H29N3O3/c32-26-14-11-23-19-24(12-13-25(23)29-26)34-20-27(33)30-15-17-31(18-16-30)28(21-7-3-1-4-8-21)22-9-5-2-6-10-22/h1-10,12-13,19,28H,11,14-18,20H2,(H,29,32).